The van der Waals surface area contributed by atoms with Gasteiger partial charge in [0.15, 0.2) is 0 Å². The molecule has 1 amide bonds. The summed E-state index contributed by atoms with van der Waals surface area (Å²) in [6.07, 6.45) is 2.83. The van der Waals surface area contributed by atoms with Gasteiger partial charge in [-0.1, -0.05) is 30.3 Å². The first kappa shape index (κ1) is 15.5. The Morgan fingerprint density at radius 3 is 2.71 bits per heavy atom. The van der Waals surface area contributed by atoms with Gasteiger partial charge in [-0.3, -0.25) is 4.79 Å². The van der Waals surface area contributed by atoms with E-state index in [0.29, 0.717) is 19.4 Å². The Kier molecular flexibility index (Phi) is 5.75. The summed E-state index contributed by atoms with van der Waals surface area (Å²) in [5.74, 6) is -1.23. The van der Waals surface area contributed by atoms with Gasteiger partial charge >= 0.3 is 5.97 Å². The van der Waals surface area contributed by atoms with Crippen molar-refractivity contribution in [1.29, 1.82) is 0 Å². The van der Waals surface area contributed by atoms with E-state index in [0.717, 1.165) is 24.9 Å². The van der Waals surface area contributed by atoms with Gasteiger partial charge in [-0.15, -0.1) is 0 Å². The number of carbonyl (C=O) groups excluding carboxylic acids is 1. The van der Waals surface area contributed by atoms with E-state index in [1.807, 2.05) is 30.3 Å². The maximum absolute atomic E-state index is 12.1. The molecule has 0 bridgehead atoms. The third-order valence-corrected chi connectivity index (χ3v) is 3.85. The lowest BCUT2D eigenvalue weighted by Gasteiger charge is -2.24. The molecular weight excluding hydrogens is 268 g/mol. The Hall–Kier alpha value is -1.88. The molecule has 1 aromatic carbocycles. The second kappa shape index (κ2) is 7.78. The van der Waals surface area contributed by atoms with Crippen LogP contribution >= 0.6 is 0 Å². The van der Waals surface area contributed by atoms with Crippen LogP contribution < -0.4 is 10.6 Å². The summed E-state index contributed by atoms with van der Waals surface area (Å²) in [6.45, 7) is 1.57. The molecule has 3 N–H and O–H groups in total. The maximum Gasteiger partial charge on any atom is 0.326 e. The van der Waals surface area contributed by atoms with Gasteiger partial charge in [-0.25, -0.2) is 4.79 Å². The van der Waals surface area contributed by atoms with Crippen LogP contribution in [0.4, 0.5) is 0 Å². The predicted octanol–water partition coefficient (Wildman–Crippen LogP) is 1.19. The lowest BCUT2D eigenvalue weighted by Crippen LogP contribution is -2.47. The maximum atomic E-state index is 12.1. The van der Waals surface area contributed by atoms with Crippen molar-refractivity contribution in [3.05, 3.63) is 35.9 Å². The van der Waals surface area contributed by atoms with Gasteiger partial charge in [-0.05, 0) is 37.8 Å². The number of carboxylic acids is 1. The molecule has 1 aromatic rings. The smallest absolute Gasteiger partial charge is 0.326 e. The zero-order chi connectivity index (χ0) is 15.1. The Balaban J connectivity index is 1.86. The third-order valence-electron chi connectivity index (χ3n) is 3.85. The van der Waals surface area contributed by atoms with E-state index in [2.05, 4.69) is 10.6 Å². The highest BCUT2D eigenvalue weighted by Gasteiger charge is 2.26. The fourth-order valence-corrected chi connectivity index (χ4v) is 2.58. The van der Waals surface area contributed by atoms with Crippen LogP contribution in [-0.2, 0) is 16.0 Å². The Morgan fingerprint density at radius 1 is 1.33 bits per heavy atom. The number of carbonyl (C=O) groups is 2. The number of carboxylic acid groups (broad SMARTS) is 1. The van der Waals surface area contributed by atoms with Crippen LogP contribution in [0, 0.1) is 5.92 Å². The minimum Gasteiger partial charge on any atom is -0.480 e. The molecule has 21 heavy (non-hydrogen) atoms. The van der Waals surface area contributed by atoms with E-state index < -0.39 is 12.0 Å². The lowest BCUT2D eigenvalue weighted by atomic mass is 9.97. The van der Waals surface area contributed by atoms with Gasteiger partial charge < -0.3 is 15.7 Å². The molecule has 0 unspecified atom stereocenters. The Bertz CT molecular complexity index is 470. The van der Waals surface area contributed by atoms with Gasteiger partial charge in [0.25, 0.3) is 0 Å². The highest BCUT2D eigenvalue weighted by molar-refractivity contribution is 5.85. The second-order valence-corrected chi connectivity index (χ2v) is 5.47. The van der Waals surface area contributed by atoms with Gasteiger partial charge in [0.1, 0.15) is 6.04 Å². The molecule has 0 aromatic heterocycles. The molecule has 2 atom stereocenters. The molecule has 5 nitrogen and oxygen atoms in total. The molecule has 0 saturated carbocycles. The minimum atomic E-state index is -0.969. The summed E-state index contributed by atoms with van der Waals surface area (Å²) < 4.78 is 0. The van der Waals surface area contributed by atoms with Crippen molar-refractivity contribution < 1.29 is 14.7 Å². The molecule has 1 fully saturated rings. The van der Waals surface area contributed by atoms with E-state index in [1.54, 1.807) is 0 Å². The van der Waals surface area contributed by atoms with Gasteiger partial charge in [0.05, 0.1) is 5.92 Å². The minimum absolute atomic E-state index is 0.114. The summed E-state index contributed by atoms with van der Waals surface area (Å²) >= 11 is 0. The molecule has 1 heterocycles. The van der Waals surface area contributed by atoms with Crippen LogP contribution in [0.1, 0.15) is 24.8 Å². The molecule has 2 rings (SSSR count). The van der Waals surface area contributed by atoms with E-state index in [4.69, 9.17) is 0 Å². The standard InChI is InChI=1S/C16H22N2O3/c19-15(13-7-4-10-17-11-13)18-14(16(20)21)9-8-12-5-2-1-3-6-12/h1-3,5-6,13-14,17H,4,7-11H2,(H,18,19)(H,20,21)/t13-,14+/m1/s1. The molecule has 0 radical (unpaired) electrons. The summed E-state index contributed by atoms with van der Waals surface area (Å²) in [5, 5.41) is 15.1. The zero-order valence-electron chi connectivity index (χ0n) is 12.0. The molecule has 114 valence electrons. The number of rotatable bonds is 6. The van der Waals surface area contributed by atoms with Crippen molar-refractivity contribution in [1.82, 2.24) is 10.6 Å². The largest absolute Gasteiger partial charge is 0.480 e. The predicted molar refractivity (Wildman–Crippen MR) is 79.9 cm³/mol. The van der Waals surface area contributed by atoms with E-state index in [1.165, 1.54) is 0 Å². The monoisotopic (exact) mass is 290 g/mol. The van der Waals surface area contributed by atoms with Crippen LogP contribution in [0.5, 0.6) is 0 Å². The molecule has 0 aliphatic carbocycles. The number of hydrogen-bond acceptors (Lipinski definition) is 3. The van der Waals surface area contributed by atoms with Crippen molar-refractivity contribution in [3.63, 3.8) is 0 Å². The number of aryl methyl sites for hydroxylation is 1. The summed E-state index contributed by atoms with van der Waals surface area (Å²) in [7, 11) is 0. The number of benzene rings is 1. The topological polar surface area (TPSA) is 78.4 Å². The average molecular weight is 290 g/mol. The quantitative estimate of drug-likeness (QED) is 0.735. The van der Waals surface area contributed by atoms with Crippen molar-refractivity contribution in [2.24, 2.45) is 5.92 Å². The second-order valence-electron chi connectivity index (χ2n) is 5.47. The van der Waals surface area contributed by atoms with Crippen LogP contribution in [-0.4, -0.2) is 36.1 Å². The first-order valence-electron chi connectivity index (χ1n) is 7.44. The molecule has 1 aliphatic heterocycles. The van der Waals surface area contributed by atoms with E-state index >= 15 is 0 Å². The average Bonchev–Trinajstić information content (AvgIpc) is 2.52. The first-order valence-corrected chi connectivity index (χ1v) is 7.44. The summed E-state index contributed by atoms with van der Waals surface area (Å²) in [6, 6.07) is 8.89. The van der Waals surface area contributed by atoms with Crippen molar-refractivity contribution in [2.45, 2.75) is 31.7 Å². The van der Waals surface area contributed by atoms with Crippen LogP contribution in [0.15, 0.2) is 30.3 Å². The molecular formula is C16H22N2O3. The SMILES string of the molecule is O=C(N[C@@H](CCc1ccccc1)C(=O)O)[C@@H]1CCCNC1. The van der Waals surface area contributed by atoms with Gasteiger partial charge in [0, 0.05) is 6.54 Å². The lowest BCUT2D eigenvalue weighted by molar-refractivity contribution is -0.142. The van der Waals surface area contributed by atoms with Crippen LogP contribution in [0.2, 0.25) is 0 Å². The van der Waals surface area contributed by atoms with Crippen molar-refractivity contribution in [3.8, 4) is 0 Å². The first-order chi connectivity index (χ1) is 10.2. The summed E-state index contributed by atoms with van der Waals surface area (Å²) in [4.78, 5) is 23.4. The molecule has 1 saturated heterocycles. The fourth-order valence-electron chi connectivity index (χ4n) is 2.58. The van der Waals surface area contributed by atoms with Gasteiger partial charge in [0.2, 0.25) is 5.91 Å². The third kappa shape index (κ3) is 4.86. The number of piperidine rings is 1. The highest BCUT2D eigenvalue weighted by Crippen LogP contribution is 2.11. The number of amides is 1. The zero-order valence-corrected chi connectivity index (χ0v) is 12.0. The summed E-state index contributed by atoms with van der Waals surface area (Å²) in [5.41, 5.74) is 1.08. The molecule has 0 spiro atoms. The highest BCUT2D eigenvalue weighted by atomic mass is 16.4. The number of nitrogens with one attached hydrogen (secondary N) is 2. The van der Waals surface area contributed by atoms with Crippen molar-refractivity contribution >= 4 is 11.9 Å². The van der Waals surface area contributed by atoms with Crippen LogP contribution in [0.25, 0.3) is 0 Å². The van der Waals surface area contributed by atoms with Crippen molar-refractivity contribution in [2.75, 3.05) is 13.1 Å². The fraction of sp³-hybridized carbons (Fsp3) is 0.500. The Morgan fingerprint density at radius 2 is 2.10 bits per heavy atom. The van der Waals surface area contributed by atoms with E-state index in [-0.39, 0.29) is 11.8 Å². The molecule has 5 heteroatoms. The normalized spacial score (nSPS) is 19.7. The number of hydrogen-bond donors (Lipinski definition) is 3. The molecule has 1 aliphatic rings. The van der Waals surface area contributed by atoms with Gasteiger partial charge in [-0.2, -0.15) is 0 Å². The van der Waals surface area contributed by atoms with E-state index in [9.17, 15) is 14.7 Å². The Labute approximate surface area is 124 Å². The van der Waals surface area contributed by atoms with Crippen LogP contribution in [0.3, 0.4) is 0 Å². The number of aliphatic carboxylic acids is 1.